The zero-order chi connectivity index (χ0) is 18.2. The van der Waals surface area contributed by atoms with E-state index in [1.54, 1.807) is 19.3 Å². The highest BCUT2D eigenvalue weighted by atomic mass is 32.2. The molecule has 3 rings (SSSR count). The van der Waals surface area contributed by atoms with Crippen LogP contribution in [-0.2, 0) is 36.0 Å². The normalized spacial score (nSPS) is 15.2. The van der Waals surface area contributed by atoms with Crippen molar-refractivity contribution in [3.8, 4) is 5.75 Å². The third kappa shape index (κ3) is 3.63. The molecule has 0 unspecified atom stereocenters. The maximum Gasteiger partial charge on any atom is 0.246 e. The summed E-state index contributed by atoms with van der Waals surface area (Å²) >= 11 is 0. The van der Waals surface area contributed by atoms with Crippen molar-refractivity contribution in [2.75, 3.05) is 12.8 Å². The Bertz CT molecular complexity index is 915. The van der Waals surface area contributed by atoms with E-state index in [2.05, 4.69) is 19.9 Å². The summed E-state index contributed by atoms with van der Waals surface area (Å²) in [5, 5.41) is 19.6. The van der Waals surface area contributed by atoms with Crippen LogP contribution in [0.2, 0.25) is 0 Å². The minimum absolute atomic E-state index is 0.0982. The molecule has 1 aliphatic heterocycles. The van der Waals surface area contributed by atoms with Crippen LogP contribution in [0.15, 0.2) is 17.6 Å². The Hall–Kier alpha value is -2.10. The zero-order valence-corrected chi connectivity index (χ0v) is 14.9. The van der Waals surface area contributed by atoms with Crippen molar-refractivity contribution in [2.24, 2.45) is 0 Å². The summed E-state index contributed by atoms with van der Waals surface area (Å²) in [6, 6.07) is 0. The fourth-order valence-electron chi connectivity index (χ4n) is 2.89. The van der Waals surface area contributed by atoms with Crippen LogP contribution < -0.4 is 0 Å². The van der Waals surface area contributed by atoms with Gasteiger partial charge in [-0.2, -0.15) is 0 Å². The molecule has 134 valence electrons. The number of sulfone groups is 1. The topological polar surface area (TPSA) is 117 Å². The van der Waals surface area contributed by atoms with Crippen LogP contribution in [0, 0.1) is 6.92 Å². The van der Waals surface area contributed by atoms with Gasteiger partial charge in [-0.25, -0.2) is 18.4 Å². The lowest BCUT2D eigenvalue weighted by atomic mass is 10.0. The van der Waals surface area contributed by atoms with Crippen LogP contribution in [0.5, 0.6) is 5.75 Å². The van der Waals surface area contributed by atoms with Crippen molar-refractivity contribution in [1.82, 2.24) is 19.9 Å². The maximum absolute atomic E-state index is 11.6. The largest absolute Gasteiger partial charge is 0.506 e. The smallest absolute Gasteiger partial charge is 0.246 e. The highest BCUT2D eigenvalue weighted by Crippen LogP contribution is 2.27. The van der Waals surface area contributed by atoms with Gasteiger partial charge in [0.2, 0.25) is 15.0 Å². The average Bonchev–Trinajstić information content (AvgIpc) is 2.58. The van der Waals surface area contributed by atoms with Crippen molar-refractivity contribution in [3.05, 3.63) is 40.5 Å². The number of aryl methyl sites for hydroxylation is 1. The van der Waals surface area contributed by atoms with Gasteiger partial charge in [-0.05, 0) is 6.92 Å². The lowest BCUT2D eigenvalue weighted by Gasteiger charge is -2.29. The van der Waals surface area contributed by atoms with E-state index in [1.165, 1.54) is 0 Å². The van der Waals surface area contributed by atoms with Crippen molar-refractivity contribution < 1.29 is 18.6 Å². The molecule has 25 heavy (non-hydrogen) atoms. The van der Waals surface area contributed by atoms with E-state index < -0.39 is 9.84 Å². The summed E-state index contributed by atoms with van der Waals surface area (Å²) in [6.07, 6.45) is 4.81. The van der Waals surface area contributed by atoms with Gasteiger partial charge in [0.05, 0.1) is 18.0 Å². The molecular formula is C16H20N4O4S. The molecule has 0 aliphatic carbocycles. The van der Waals surface area contributed by atoms with Crippen LogP contribution in [0.4, 0.5) is 0 Å². The molecule has 2 N–H and O–H groups in total. The molecule has 3 heterocycles. The number of pyridine rings is 1. The quantitative estimate of drug-likeness (QED) is 0.746. The third-order valence-corrected chi connectivity index (χ3v) is 5.16. The molecule has 0 saturated carbocycles. The molecule has 0 fully saturated rings. The van der Waals surface area contributed by atoms with Crippen molar-refractivity contribution in [3.63, 3.8) is 0 Å². The number of rotatable bonds is 4. The number of hydrogen-bond acceptors (Lipinski definition) is 8. The van der Waals surface area contributed by atoms with Crippen LogP contribution in [-0.4, -0.2) is 51.3 Å². The van der Waals surface area contributed by atoms with Crippen molar-refractivity contribution >= 4 is 9.84 Å². The fourth-order valence-corrected chi connectivity index (χ4v) is 3.41. The van der Waals surface area contributed by atoms with E-state index in [0.717, 1.165) is 17.5 Å². The second-order valence-electron chi connectivity index (χ2n) is 6.21. The number of fused-ring (bicyclic) bond motifs is 1. The fraction of sp³-hybridized carbons (Fsp3) is 0.438. The van der Waals surface area contributed by atoms with Gasteiger partial charge in [-0.15, -0.1) is 0 Å². The Kier molecular flexibility index (Phi) is 4.72. The van der Waals surface area contributed by atoms with E-state index in [9.17, 15) is 18.6 Å². The summed E-state index contributed by atoms with van der Waals surface area (Å²) in [4.78, 5) is 14.3. The minimum Gasteiger partial charge on any atom is -0.506 e. The highest BCUT2D eigenvalue weighted by Gasteiger charge is 2.23. The predicted molar refractivity (Wildman–Crippen MR) is 89.5 cm³/mol. The Balaban J connectivity index is 1.84. The molecule has 0 amide bonds. The second kappa shape index (κ2) is 6.66. The van der Waals surface area contributed by atoms with E-state index in [1.807, 2.05) is 0 Å². The number of hydrogen-bond donors (Lipinski definition) is 2. The average molecular weight is 364 g/mol. The highest BCUT2D eigenvalue weighted by molar-refractivity contribution is 7.90. The standard InChI is InChI=1S/C16H20N4O4S/c1-10-15(22)13(12(9-21)6-17-10)8-20-4-3-14-11(7-20)5-18-16(19-14)25(2,23)24/h5-6,21-22H,3-4,7-9H2,1-2H3. The van der Waals surface area contributed by atoms with Crippen LogP contribution in [0.1, 0.15) is 28.1 Å². The number of nitrogens with zero attached hydrogens (tertiary/aromatic N) is 4. The molecule has 0 radical (unpaired) electrons. The van der Waals surface area contributed by atoms with E-state index in [-0.39, 0.29) is 17.5 Å². The Morgan fingerprint density at radius 1 is 1.28 bits per heavy atom. The van der Waals surface area contributed by atoms with Gasteiger partial charge in [-0.1, -0.05) is 0 Å². The van der Waals surface area contributed by atoms with Crippen molar-refractivity contribution in [1.29, 1.82) is 0 Å². The molecule has 0 bridgehead atoms. The number of aliphatic hydroxyl groups excluding tert-OH is 1. The van der Waals surface area contributed by atoms with Crippen LogP contribution in [0.3, 0.4) is 0 Å². The Labute approximate surface area is 146 Å². The SMILES string of the molecule is Cc1ncc(CO)c(CN2CCc3nc(S(C)(=O)=O)ncc3C2)c1O. The molecule has 1 aliphatic rings. The van der Waals surface area contributed by atoms with Gasteiger partial charge in [0, 0.05) is 61.4 Å². The zero-order valence-electron chi connectivity index (χ0n) is 14.1. The molecule has 0 aromatic carbocycles. The monoisotopic (exact) mass is 364 g/mol. The van der Waals surface area contributed by atoms with E-state index in [4.69, 9.17) is 0 Å². The van der Waals surface area contributed by atoms with Gasteiger partial charge >= 0.3 is 0 Å². The molecule has 0 spiro atoms. The summed E-state index contributed by atoms with van der Waals surface area (Å²) < 4.78 is 23.1. The number of aliphatic hydroxyl groups is 1. The molecule has 9 heteroatoms. The Morgan fingerprint density at radius 2 is 2.04 bits per heavy atom. The number of aromatic hydroxyl groups is 1. The van der Waals surface area contributed by atoms with Gasteiger partial charge in [0.25, 0.3) is 0 Å². The lowest BCUT2D eigenvalue weighted by Crippen LogP contribution is -2.31. The summed E-state index contributed by atoms with van der Waals surface area (Å²) in [6.45, 7) is 3.19. The second-order valence-corrected chi connectivity index (χ2v) is 8.12. The summed E-state index contributed by atoms with van der Waals surface area (Å²) in [5.74, 6) is 0.0982. The Morgan fingerprint density at radius 3 is 2.72 bits per heavy atom. The predicted octanol–water partition coefficient (Wildman–Crippen LogP) is 0.340. The molecule has 2 aromatic rings. The molecular weight excluding hydrogens is 344 g/mol. The lowest BCUT2D eigenvalue weighted by molar-refractivity contribution is 0.232. The molecule has 0 atom stereocenters. The van der Waals surface area contributed by atoms with Crippen LogP contribution in [0.25, 0.3) is 0 Å². The maximum atomic E-state index is 11.6. The van der Waals surface area contributed by atoms with Gasteiger partial charge in [-0.3, -0.25) is 9.88 Å². The third-order valence-electron chi connectivity index (χ3n) is 4.30. The van der Waals surface area contributed by atoms with Crippen LogP contribution >= 0.6 is 0 Å². The molecule has 8 nitrogen and oxygen atoms in total. The van der Waals surface area contributed by atoms with Gasteiger partial charge in [0.15, 0.2) is 0 Å². The first-order chi connectivity index (χ1) is 11.8. The van der Waals surface area contributed by atoms with E-state index >= 15 is 0 Å². The summed E-state index contributed by atoms with van der Waals surface area (Å²) in [7, 11) is -3.42. The molecule has 2 aromatic heterocycles. The molecule has 0 saturated heterocycles. The number of aromatic nitrogens is 3. The van der Waals surface area contributed by atoms with Crippen molar-refractivity contribution in [2.45, 2.75) is 38.2 Å². The van der Waals surface area contributed by atoms with E-state index in [0.29, 0.717) is 42.9 Å². The first kappa shape index (κ1) is 17.7. The first-order valence-electron chi connectivity index (χ1n) is 7.84. The minimum atomic E-state index is -3.42. The summed E-state index contributed by atoms with van der Waals surface area (Å²) in [5.41, 5.74) is 3.38. The van der Waals surface area contributed by atoms with Gasteiger partial charge in [0.1, 0.15) is 5.75 Å². The first-order valence-corrected chi connectivity index (χ1v) is 9.73. The van der Waals surface area contributed by atoms with Gasteiger partial charge < -0.3 is 10.2 Å².